The number of carbonyl (C=O) groups excluding carboxylic acids is 1. The lowest BCUT2D eigenvalue weighted by Gasteiger charge is -2.05. The molecule has 0 aliphatic carbocycles. The molecule has 2 rings (SSSR count). The highest BCUT2D eigenvalue weighted by Gasteiger charge is 2.12. The number of hydrogen-bond donors (Lipinski definition) is 2. The van der Waals surface area contributed by atoms with Crippen molar-refractivity contribution in [3.8, 4) is 5.75 Å². The van der Waals surface area contributed by atoms with Crippen LogP contribution in [0.1, 0.15) is 16.1 Å². The SMILES string of the molecule is COc1ccc(Cn2cc(N)c(C(N)=O)n2)cc1F. The number of carbonyl (C=O) groups is 1. The highest BCUT2D eigenvalue weighted by atomic mass is 19.1. The largest absolute Gasteiger partial charge is 0.494 e. The third-order valence-electron chi connectivity index (χ3n) is 2.58. The number of methoxy groups -OCH3 is 1. The predicted octanol–water partition coefficient (Wildman–Crippen LogP) is 0.760. The summed E-state index contributed by atoms with van der Waals surface area (Å²) in [5, 5.41) is 3.94. The number of anilines is 1. The van der Waals surface area contributed by atoms with Gasteiger partial charge in [-0.2, -0.15) is 5.10 Å². The summed E-state index contributed by atoms with van der Waals surface area (Å²) in [7, 11) is 1.39. The summed E-state index contributed by atoms with van der Waals surface area (Å²) in [6.07, 6.45) is 1.47. The topological polar surface area (TPSA) is 96.2 Å². The van der Waals surface area contributed by atoms with Crippen molar-refractivity contribution in [1.29, 1.82) is 0 Å². The van der Waals surface area contributed by atoms with Crippen LogP contribution in [0.5, 0.6) is 5.75 Å². The maximum Gasteiger partial charge on any atom is 0.271 e. The summed E-state index contributed by atoms with van der Waals surface area (Å²) in [5.74, 6) is -0.992. The molecule has 1 aromatic carbocycles. The average molecular weight is 264 g/mol. The van der Waals surface area contributed by atoms with Gasteiger partial charge in [0, 0.05) is 6.20 Å². The molecule has 7 heteroatoms. The van der Waals surface area contributed by atoms with Crippen LogP contribution in [0.3, 0.4) is 0 Å². The summed E-state index contributed by atoms with van der Waals surface area (Å²) < 4.78 is 19.8. The molecule has 0 unspecified atom stereocenters. The number of hydrogen-bond acceptors (Lipinski definition) is 4. The van der Waals surface area contributed by atoms with Crippen LogP contribution in [0.2, 0.25) is 0 Å². The summed E-state index contributed by atoms with van der Waals surface area (Å²) in [4.78, 5) is 11.0. The Morgan fingerprint density at radius 2 is 2.26 bits per heavy atom. The van der Waals surface area contributed by atoms with Gasteiger partial charge in [0.2, 0.25) is 0 Å². The van der Waals surface area contributed by atoms with Crippen molar-refractivity contribution >= 4 is 11.6 Å². The number of amides is 1. The Kier molecular flexibility index (Phi) is 3.37. The van der Waals surface area contributed by atoms with E-state index in [1.807, 2.05) is 0 Å². The number of ether oxygens (including phenoxy) is 1. The summed E-state index contributed by atoms with van der Waals surface area (Å²) in [6, 6.07) is 4.55. The Labute approximate surface area is 108 Å². The van der Waals surface area contributed by atoms with Crippen molar-refractivity contribution in [2.24, 2.45) is 5.73 Å². The van der Waals surface area contributed by atoms with Crippen LogP contribution in [0.15, 0.2) is 24.4 Å². The molecule has 0 bridgehead atoms. The summed E-state index contributed by atoms with van der Waals surface area (Å²) >= 11 is 0. The van der Waals surface area contributed by atoms with E-state index >= 15 is 0 Å². The zero-order valence-electron chi connectivity index (χ0n) is 10.3. The Bertz CT molecular complexity index is 624. The van der Waals surface area contributed by atoms with E-state index in [0.29, 0.717) is 5.56 Å². The number of halogens is 1. The Hall–Kier alpha value is -2.57. The van der Waals surface area contributed by atoms with Crippen molar-refractivity contribution in [3.05, 3.63) is 41.5 Å². The minimum Gasteiger partial charge on any atom is -0.494 e. The van der Waals surface area contributed by atoms with E-state index in [-0.39, 0.29) is 23.7 Å². The highest BCUT2D eigenvalue weighted by Crippen LogP contribution is 2.18. The molecule has 1 heterocycles. The summed E-state index contributed by atoms with van der Waals surface area (Å²) in [6.45, 7) is 0.276. The maximum atomic E-state index is 13.5. The van der Waals surface area contributed by atoms with Gasteiger partial charge >= 0.3 is 0 Å². The first-order valence-corrected chi connectivity index (χ1v) is 5.46. The lowest BCUT2D eigenvalue weighted by atomic mass is 10.2. The number of benzene rings is 1. The molecular formula is C12H13FN4O2. The van der Waals surface area contributed by atoms with E-state index in [1.165, 1.54) is 30.1 Å². The van der Waals surface area contributed by atoms with Crippen molar-refractivity contribution in [3.63, 3.8) is 0 Å². The second-order valence-corrected chi connectivity index (χ2v) is 3.96. The van der Waals surface area contributed by atoms with Crippen LogP contribution in [-0.2, 0) is 6.54 Å². The molecule has 0 atom stereocenters. The standard InChI is InChI=1S/C12H13FN4O2/c1-19-10-3-2-7(4-8(10)13)5-17-6-9(14)11(16-17)12(15)18/h2-4,6H,5,14H2,1H3,(H2,15,18). The smallest absolute Gasteiger partial charge is 0.271 e. The molecule has 0 radical (unpaired) electrons. The van der Waals surface area contributed by atoms with Gasteiger partial charge in [0.1, 0.15) is 0 Å². The van der Waals surface area contributed by atoms with Crippen molar-refractivity contribution in [2.75, 3.05) is 12.8 Å². The minimum atomic E-state index is -0.697. The summed E-state index contributed by atoms with van der Waals surface area (Å²) in [5.41, 5.74) is 11.6. The van der Waals surface area contributed by atoms with Crippen LogP contribution >= 0.6 is 0 Å². The fraction of sp³-hybridized carbons (Fsp3) is 0.167. The zero-order valence-corrected chi connectivity index (χ0v) is 10.3. The minimum absolute atomic E-state index is 0.00832. The van der Waals surface area contributed by atoms with Gasteiger partial charge in [0.25, 0.3) is 5.91 Å². The van der Waals surface area contributed by atoms with Crippen molar-refractivity contribution in [1.82, 2.24) is 9.78 Å². The number of nitrogens with two attached hydrogens (primary N) is 2. The first kappa shape index (κ1) is 12.9. The normalized spacial score (nSPS) is 10.4. The fourth-order valence-corrected chi connectivity index (χ4v) is 1.70. The third kappa shape index (κ3) is 2.65. The van der Waals surface area contributed by atoms with Gasteiger partial charge in [-0.15, -0.1) is 0 Å². The lowest BCUT2D eigenvalue weighted by Crippen LogP contribution is -2.14. The van der Waals surface area contributed by atoms with E-state index < -0.39 is 11.7 Å². The van der Waals surface area contributed by atoms with E-state index in [1.54, 1.807) is 6.07 Å². The van der Waals surface area contributed by atoms with Gasteiger partial charge < -0.3 is 16.2 Å². The van der Waals surface area contributed by atoms with E-state index in [4.69, 9.17) is 16.2 Å². The molecule has 0 saturated carbocycles. The number of nitrogens with zero attached hydrogens (tertiary/aromatic N) is 2. The Morgan fingerprint density at radius 3 is 2.79 bits per heavy atom. The molecule has 6 nitrogen and oxygen atoms in total. The molecule has 0 fully saturated rings. The van der Waals surface area contributed by atoms with Gasteiger partial charge in [0.05, 0.1) is 19.3 Å². The van der Waals surface area contributed by atoms with Crippen LogP contribution in [0.25, 0.3) is 0 Å². The van der Waals surface area contributed by atoms with Crippen molar-refractivity contribution < 1.29 is 13.9 Å². The van der Waals surface area contributed by atoms with E-state index in [9.17, 15) is 9.18 Å². The second kappa shape index (κ2) is 4.97. The molecule has 0 aliphatic rings. The van der Waals surface area contributed by atoms with Crippen molar-refractivity contribution in [2.45, 2.75) is 6.54 Å². The molecule has 4 N–H and O–H groups in total. The number of nitrogen functional groups attached to an aromatic ring is 1. The van der Waals surface area contributed by atoms with Crippen LogP contribution < -0.4 is 16.2 Å². The monoisotopic (exact) mass is 264 g/mol. The number of rotatable bonds is 4. The van der Waals surface area contributed by atoms with Gasteiger partial charge in [0.15, 0.2) is 17.3 Å². The fourth-order valence-electron chi connectivity index (χ4n) is 1.70. The highest BCUT2D eigenvalue weighted by molar-refractivity contribution is 5.95. The zero-order chi connectivity index (χ0) is 14.0. The molecule has 0 spiro atoms. The predicted molar refractivity (Wildman–Crippen MR) is 67.2 cm³/mol. The van der Waals surface area contributed by atoms with Gasteiger partial charge in [-0.3, -0.25) is 9.48 Å². The van der Waals surface area contributed by atoms with Crippen LogP contribution in [0, 0.1) is 5.82 Å². The quantitative estimate of drug-likeness (QED) is 0.852. The first-order valence-electron chi connectivity index (χ1n) is 5.46. The molecule has 2 aromatic rings. The molecule has 0 saturated heterocycles. The lowest BCUT2D eigenvalue weighted by molar-refractivity contribution is 0.0995. The Morgan fingerprint density at radius 1 is 1.53 bits per heavy atom. The van der Waals surface area contributed by atoms with E-state index in [0.717, 1.165) is 0 Å². The Balaban J connectivity index is 2.24. The molecule has 0 aliphatic heterocycles. The molecule has 19 heavy (non-hydrogen) atoms. The second-order valence-electron chi connectivity index (χ2n) is 3.96. The molecular weight excluding hydrogens is 251 g/mol. The maximum absolute atomic E-state index is 13.5. The third-order valence-corrected chi connectivity index (χ3v) is 2.58. The molecule has 1 aromatic heterocycles. The van der Waals surface area contributed by atoms with Crippen LogP contribution in [-0.4, -0.2) is 22.8 Å². The van der Waals surface area contributed by atoms with Gasteiger partial charge in [-0.25, -0.2) is 4.39 Å². The molecule has 100 valence electrons. The molecule has 1 amide bonds. The van der Waals surface area contributed by atoms with Gasteiger partial charge in [-0.1, -0.05) is 6.07 Å². The van der Waals surface area contributed by atoms with Crippen LogP contribution in [0.4, 0.5) is 10.1 Å². The van der Waals surface area contributed by atoms with E-state index in [2.05, 4.69) is 5.10 Å². The average Bonchev–Trinajstić information content (AvgIpc) is 2.70. The van der Waals surface area contributed by atoms with Gasteiger partial charge in [-0.05, 0) is 17.7 Å². The number of primary amides is 1. The first-order chi connectivity index (χ1) is 9.01. The number of aromatic nitrogens is 2.